The second kappa shape index (κ2) is 7.10. The fraction of sp³-hybridized carbons (Fsp3) is 0.500. The summed E-state index contributed by atoms with van der Waals surface area (Å²) in [5.74, 6) is 1.69. The van der Waals surface area contributed by atoms with Crippen LogP contribution in [0, 0.1) is 11.3 Å². The van der Waals surface area contributed by atoms with Gasteiger partial charge in [-0.15, -0.1) is 0 Å². The minimum absolute atomic E-state index is 0.145. The number of methoxy groups -OCH3 is 3. The molecule has 0 saturated carbocycles. The number of nitrogens with zero attached hydrogens (tertiary/aromatic N) is 1. The molecule has 0 aromatic heterocycles. The molecule has 1 rings (SSSR count). The summed E-state index contributed by atoms with van der Waals surface area (Å²) in [6.45, 7) is 2.03. The van der Waals surface area contributed by atoms with E-state index in [0.29, 0.717) is 28.7 Å². The molecule has 0 saturated heterocycles. The summed E-state index contributed by atoms with van der Waals surface area (Å²) in [5, 5.41) is 9.15. The molecule has 1 aromatic carbocycles. The molecule has 1 unspecified atom stereocenters. The zero-order valence-corrected chi connectivity index (χ0v) is 12.4. The maximum atomic E-state index is 8.67. The zero-order chi connectivity index (χ0) is 14.4. The molecule has 1 atom stereocenters. The van der Waals surface area contributed by atoms with Gasteiger partial charge in [0.15, 0.2) is 11.5 Å². The predicted octanol–water partition coefficient (Wildman–Crippen LogP) is 3.77. The first-order valence-corrected chi connectivity index (χ1v) is 6.33. The standard InChI is InChI=1S/C14H18ClNO3/c1-9(6-5-7-16)10-8-11(15)13(18-3)14(19-4)12(10)17-2/h8-9H,5-6H2,1-4H3. The van der Waals surface area contributed by atoms with Crippen LogP contribution in [0.1, 0.15) is 31.2 Å². The zero-order valence-electron chi connectivity index (χ0n) is 11.6. The third kappa shape index (κ3) is 3.24. The molecule has 0 fully saturated rings. The van der Waals surface area contributed by atoms with Crippen molar-refractivity contribution in [2.24, 2.45) is 0 Å². The van der Waals surface area contributed by atoms with Crippen molar-refractivity contribution in [1.82, 2.24) is 0 Å². The summed E-state index contributed by atoms with van der Waals surface area (Å²) in [6.07, 6.45) is 1.22. The van der Waals surface area contributed by atoms with Crippen LogP contribution in [0.5, 0.6) is 17.2 Å². The summed E-state index contributed by atoms with van der Waals surface area (Å²) in [5.41, 5.74) is 0.917. The molecule has 0 amide bonds. The second-order valence-electron chi connectivity index (χ2n) is 4.15. The van der Waals surface area contributed by atoms with Crippen molar-refractivity contribution < 1.29 is 14.2 Å². The molecule has 0 heterocycles. The number of hydrogen-bond acceptors (Lipinski definition) is 4. The lowest BCUT2D eigenvalue weighted by Crippen LogP contribution is -2.02. The minimum Gasteiger partial charge on any atom is -0.492 e. The van der Waals surface area contributed by atoms with Gasteiger partial charge in [0.2, 0.25) is 5.75 Å². The van der Waals surface area contributed by atoms with Crippen molar-refractivity contribution in [2.45, 2.75) is 25.7 Å². The average molecular weight is 284 g/mol. The van der Waals surface area contributed by atoms with E-state index < -0.39 is 0 Å². The van der Waals surface area contributed by atoms with Crippen LogP contribution >= 0.6 is 11.6 Å². The van der Waals surface area contributed by atoms with Crippen LogP contribution in [-0.4, -0.2) is 21.3 Å². The van der Waals surface area contributed by atoms with E-state index in [4.69, 9.17) is 31.1 Å². The van der Waals surface area contributed by atoms with Crippen molar-refractivity contribution in [2.75, 3.05) is 21.3 Å². The lowest BCUT2D eigenvalue weighted by Gasteiger charge is -2.20. The van der Waals surface area contributed by atoms with E-state index in [2.05, 4.69) is 6.07 Å². The van der Waals surface area contributed by atoms with E-state index in [1.165, 1.54) is 7.11 Å². The highest BCUT2D eigenvalue weighted by Gasteiger charge is 2.22. The van der Waals surface area contributed by atoms with Gasteiger partial charge in [-0.05, 0) is 18.4 Å². The van der Waals surface area contributed by atoms with Crippen LogP contribution in [0.25, 0.3) is 0 Å². The Kier molecular flexibility index (Phi) is 5.78. The first-order chi connectivity index (χ1) is 9.10. The van der Waals surface area contributed by atoms with Crippen LogP contribution in [-0.2, 0) is 0 Å². The van der Waals surface area contributed by atoms with Gasteiger partial charge in [0.1, 0.15) is 0 Å². The van der Waals surface area contributed by atoms with E-state index in [0.717, 1.165) is 12.0 Å². The Hall–Kier alpha value is -1.60. The van der Waals surface area contributed by atoms with Gasteiger partial charge in [-0.3, -0.25) is 0 Å². The molecule has 0 radical (unpaired) electrons. The normalized spacial score (nSPS) is 11.6. The SMILES string of the molecule is COc1c(Cl)cc(C(C)CCC#N)c(OC)c1OC. The molecule has 0 N–H and O–H groups in total. The number of ether oxygens (including phenoxy) is 3. The summed E-state index contributed by atoms with van der Waals surface area (Å²) in [4.78, 5) is 0. The van der Waals surface area contributed by atoms with E-state index in [1.54, 1.807) is 14.2 Å². The number of benzene rings is 1. The highest BCUT2D eigenvalue weighted by Crippen LogP contribution is 2.47. The lowest BCUT2D eigenvalue weighted by molar-refractivity contribution is 0.321. The molecule has 0 aliphatic rings. The average Bonchev–Trinajstić information content (AvgIpc) is 2.43. The minimum atomic E-state index is 0.145. The Bertz CT molecular complexity index is 483. The smallest absolute Gasteiger partial charge is 0.205 e. The van der Waals surface area contributed by atoms with E-state index in [1.807, 2.05) is 13.0 Å². The van der Waals surface area contributed by atoms with Gasteiger partial charge in [0.25, 0.3) is 0 Å². The molecule has 0 aliphatic heterocycles. The van der Waals surface area contributed by atoms with E-state index >= 15 is 0 Å². The fourth-order valence-corrected chi connectivity index (χ4v) is 2.28. The summed E-state index contributed by atoms with van der Waals surface area (Å²) < 4.78 is 16.0. The molecule has 5 heteroatoms. The monoisotopic (exact) mass is 283 g/mol. The largest absolute Gasteiger partial charge is 0.492 e. The molecule has 1 aromatic rings. The maximum absolute atomic E-state index is 8.67. The van der Waals surface area contributed by atoms with Gasteiger partial charge in [0, 0.05) is 12.0 Å². The Balaban J connectivity index is 3.32. The van der Waals surface area contributed by atoms with Gasteiger partial charge >= 0.3 is 0 Å². The van der Waals surface area contributed by atoms with Crippen LogP contribution < -0.4 is 14.2 Å². The molecule has 19 heavy (non-hydrogen) atoms. The Labute approximate surface area is 118 Å². The molecular weight excluding hydrogens is 266 g/mol. The van der Waals surface area contributed by atoms with Gasteiger partial charge in [-0.1, -0.05) is 18.5 Å². The van der Waals surface area contributed by atoms with E-state index in [9.17, 15) is 0 Å². The number of rotatable bonds is 6. The maximum Gasteiger partial charge on any atom is 0.205 e. The molecule has 0 bridgehead atoms. The van der Waals surface area contributed by atoms with Crippen molar-refractivity contribution in [3.8, 4) is 23.3 Å². The number of nitriles is 1. The third-order valence-corrected chi connectivity index (χ3v) is 3.29. The van der Waals surface area contributed by atoms with Crippen LogP contribution in [0.4, 0.5) is 0 Å². The third-order valence-electron chi connectivity index (χ3n) is 3.01. The van der Waals surface area contributed by atoms with Gasteiger partial charge in [-0.2, -0.15) is 5.26 Å². The van der Waals surface area contributed by atoms with E-state index in [-0.39, 0.29) is 5.92 Å². The number of hydrogen-bond donors (Lipinski definition) is 0. The van der Waals surface area contributed by atoms with Crippen LogP contribution in [0.15, 0.2) is 6.07 Å². The first kappa shape index (κ1) is 15.5. The first-order valence-electron chi connectivity index (χ1n) is 5.95. The van der Waals surface area contributed by atoms with Crippen molar-refractivity contribution in [3.63, 3.8) is 0 Å². The van der Waals surface area contributed by atoms with Crippen molar-refractivity contribution in [1.29, 1.82) is 5.26 Å². The van der Waals surface area contributed by atoms with Crippen LogP contribution in [0.2, 0.25) is 5.02 Å². The van der Waals surface area contributed by atoms with Gasteiger partial charge in [0.05, 0.1) is 32.4 Å². The second-order valence-corrected chi connectivity index (χ2v) is 4.55. The highest BCUT2D eigenvalue weighted by atomic mass is 35.5. The molecule has 4 nitrogen and oxygen atoms in total. The molecule has 0 spiro atoms. The van der Waals surface area contributed by atoms with Crippen molar-refractivity contribution >= 4 is 11.6 Å². The number of halogens is 1. The topological polar surface area (TPSA) is 51.5 Å². The molecular formula is C14H18ClNO3. The van der Waals surface area contributed by atoms with Crippen LogP contribution in [0.3, 0.4) is 0 Å². The van der Waals surface area contributed by atoms with Gasteiger partial charge < -0.3 is 14.2 Å². The molecule has 0 aliphatic carbocycles. The molecule has 104 valence electrons. The fourth-order valence-electron chi connectivity index (χ4n) is 2.00. The van der Waals surface area contributed by atoms with Crippen molar-refractivity contribution in [3.05, 3.63) is 16.7 Å². The summed E-state index contributed by atoms with van der Waals surface area (Å²) in [6, 6.07) is 3.95. The Morgan fingerprint density at radius 3 is 2.21 bits per heavy atom. The highest BCUT2D eigenvalue weighted by molar-refractivity contribution is 6.32. The Morgan fingerprint density at radius 1 is 1.16 bits per heavy atom. The Morgan fingerprint density at radius 2 is 1.74 bits per heavy atom. The lowest BCUT2D eigenvalue weighted by atomic mass is 9.95. The summed E-state index contributed by atoms with van der Waals surface area (Å²) in [7, 11) is 4.65. The predicted molar refractivity (Wildman–Crippen MR) is 74.4 cm³/mol. The quantitative estimate of drug-likeness (QED) is 0.797. The summed E-state index contributed by atoms with van der Waals surface area (Å²) >= 11 is 6.19. The van der Waals surface area contributed by atoms with Gasteiger partial charge in [-0.25, -0.2) is 0 Å².